The van der Waals surface area contributed by atoms with Crippen molar-refractivity contribution in [2.24, 2.45) is 0 Å². The van der Waals surface area contributed by atoms with Crippen LogP contribution in [0, 0.1) is 0 Å². The highest BCUT2D eigenvalue weighted by Gasteiger charge is 2.25. The summed E-state index contributed by atoms with van der Waals surface area (Å²) in [5.74, 6) is 0.672. The van der Waals surface area contributed by atoms with Crippen LogP contribution in [0.3, 0.4) is 0 Å². The zero-order valence-electron chi connectivity index (χ0n) is 17.4. The lowest BCUT2D eigenvalue weighted by molar-refractivity contribution is 0.108. The second-order valence-corrected chi connectivity index (χ2v) is 8.39. The molecule has 0 unspecified atom stereocenters. The molecule has 6 heteroatoms. The summed E-state index contributed by atoms with van der Waals surface area (Å²) >= 11 is 6.47. The van der Waals surface area contributed by atoms with E-state index in [4.69, 9.17) is 20.8 Å². The van der Waals surface area contributed by atoms with Crippen molar-refractivity contribution in [3.63, 3.8) is 0 Å². The zero-order chi connectivity index (χ0) is 21.1. The van der Waals surface area contributed by atoms with Crippen LogP contribution >= 0.6 is 11.6 Å². The van der Waals surface area contributed by atoms with Crippen molar-refractivity contribution >= 4 is 22.6 Å². The van der Waals surface area contributed by atoms with Crippen molar-refractivity contribution in [1.29, 1.82) is 0 Å². The molecule has 1 aromatic heterocycles. The maximum absolute atomic E-state index is 12.3. The summed E-state index contributed by atoms with van der Waals surface area (Å²) in [7, 11) is 3.77. The van der Waals surface area contributed by atoms with E-state index in [2.05, 4.69) is 22.9 Å². The summed E-state index contributed by atoms with van der Waals surface area (Å²) in [6.07, 6.45) is 2.18. The Labute approximate surface area is 181 Å². The number of nitrogens with zero attached hydrogens (tertiary/aromatic N) is 2. The standard InChI is InChI=1S/C24H27ClN2O3/c1-26-11-9-19(10-12-26)27(15-17-5-3-4-6-22(17)25)16-18-13-24(28)30-23-14-20(29-2)7-8-21(18)23/h3-8,13-14,19H,9-12,15-16H2,1-2H3. The second kappa shape index (κ2) is 9.21. The first-order valence-electron chi connectivity index (χ1n) is 10.3. The van der Waals surface area contributed by atoms with Gasteiger partial charge in [-0.3, -0.25) is 4.90 Å². The Kier molecular flexibility index (Phi) is 6.42. The molecule has 158 valence electrons. The summed E-state index contributed by atoms with van der Waals surface area (Å²) in [4.78, 5) is 17.1. The molecule has 0 spiro atoms. The minimum absolute atomic E-state index is 0.341. The SMILES string of the molecule is COc1ccc2c(CN(Cc3ccccc3Cl)C3CCN(C)CC3)cc(=O)oc2c1. The molecule has 0 N–H and O–H groups in total. The van der Waals surface area contributed by atoms with Crippen molar-refractivity contribution < 1.29 is 9.15 Å². The van der Waals surface area contributed by atoms with Gasteiger partial charge < -0.3 is 14.1 Å². The van der Waals surface area contributed by atoms with Gasteiger partial charge in [-0.05, 0) is 62.3 Å². The van der Waals surface area contributed by atoms with Crippen molar-refractivity contribution in [3.05, 3.63) is 75.1 Å². The molecule has 5 nitrogen and oxygen atoms in total. The van der Waals surface area contributed by atoms with Crippen LogP contribution in [0.2, 0.25) is 5.02 Å². The Balaban J connectivity index is 1.69. The number of benzene rings is 2. The summed E-state index contributed by atoms with van der Waals surface area (Å²) in [6, 6.07) is 15.7. The van der Waals surface area contributed by atoms with Crippen molar-refractivity contribution in [3.8, 4) is 5.75 Å². The third kappa shape index (κ3) is 4.69. The molecule has 4 rings (SSSR count). The van der Waals surface area contributed by atoms with Crippen LogP contribution in [-0.2, 0) is 13.1 Å². The number of likely N-dealkylation sites (tertiary alicyclic amines) is 1. The van der Waals surface area contributed by atoms with Gasteiger partial charge in [0.15, 0.2) is 0 Å². The van der Waals surface area contributed by atoms with E-state index < -0.39 is 0 Å². The van der Waals surface area contributed by atoms with E-state index in [9.17, 15) is 4.79 Å². The smallest absolute Gasteiger partial charge is 0.336 e. The summed E-state index contributed by atoms with van der Waals surface area (Å²) in [6.45, 7) is 3.54. The highest BCUT2D eigenvalue weighted by molar-refractivity contribution is 6.31. The van der Waals surface area contributed by atoms with Gasteiger partial charge in [-0.25, -0.2) is 4.79 Å². The van der Waals surface area contributed by atoms with Crippen LogP contribution in [0.4, 0.5) is 0 Å². The molecule has 30 heavy (non-hydrogen) atoms. The highest BCUT2D eigenvalue weighted by atomic mass is 35.5. The monoisotopic (exact) mass is 426 g/mol. The van der Waals surface area contributed by atoms with Crippen LogP contribution in [0.5, 0.6) is 5.75 Å². The van der Waals surface area contributed by atoms with Gasteiger partial charge in [0, 0.05) is 41.7 Å². The first kappa shape index (κ1) is 20.9. The molecule has 2 aromatic carbocycles. The normalized spacial score (nSPS) is 15.7. The first-order valence-corrected chi connectivity index (χ1v) is 10.7. The molecule has 0 amide bonds. The third-order valence-electron chi connectivity index (χ3n) is 5.95. The van der Waals surface area contributed by atoms with Gasteiger partial charge in [-0.15, -0.1) is 0 Å². The number of rotatable bonds is 6. The maximum atomic E-state index is 12.3. The van der Waals surface area contributed by atoms with Crippen LogP contribution in [0.25, 0.3) is 11.0 Å². The average molecular weight is 427 g/mol. The fraction of sp³-hybridized carbons (Fsp3) is 0.375. The van der Waals surface area contributed by atoms with Crippen molar-refractivity contribution in [2.45, 2.75) is 32.0 Å². The first-order chi connectivity index (χ1) is 14.5. The summed E-state index contributed by atoms with van der Waals surface area (Å²) in [5.41, 5.74) is 2.28. The van der Waals surface area contributed by atoms with E-state index in [1.165, 1.54) is 0 Å². The van der Waals surface area contributed by atoms with E-state index in [1.54, 1.807) is 19.2 Å². The molecular formula is C24H27ClN2O3. The van der Waals surface area contributed by atoms with E-state index in [1.807, 2.05) is 30.3 Å². The lowest BCUT2D eigenvalue weighted by atomic mass is 10.0. The Morgan fingerprint density at radius 2 is 1.83 bits per heavy atom. The van der Waals surface area contributed by atoms with Crippen LogP contribution < -0.4 is 10.4 Å². The average Bonchev–Trinajstić information content (AvgIpc) is 2.74. The predicted octanol–water partition coefficient (Wildman–Crippen LogP) is 4.55. The molecule has 0 saturated carbocycles. The van der Waals surface area contributed by atoms with Gasteiger partial charge in [0.25, 0.3) is 0 Å². The third-order valence-corrected chi connectivity index (χ3v) is 6.32. The zero-order valence-corrected chi connectivity index (χ0v) is 18.2. The fourth-order valence-corrected chi connectivity index (χ4v) is 4.40. The van der Waals surface area contributed by atoms with E-state index in [-0.39, 0.29) is 5.63 Å². The summed E-state index contributed by atoms with van der Waals surface area (Å²) in [5, 5.41) is 1.71. The Bertz CT molecular complexity index is 1070. The van der Waals surface area contributed by atoms with Crippen molar-refractivity contribution in [2.75, 3.05) is 27.2 Å². The van der Waals surface area contributed by atoms with E-state index in [0.717, 1.165) is 54.0 Å². The van der Waals surface area contributed by atoms with Crippen LogP contribution in [0.15, 0.2) is 57.7 Å². The second-order valence-electron chi connectivity index (χ2n) is 7.98. The Morgan fingerprint density at radius 1 is 1.10 bits per heavy atom. The molecule has 3 aromatic rings. The quantitative estimate of drug-likeness (QED) is 0.541. The number of halogens is 1. The van der Waals surface area contributed by atoms with Gasteiger partial charge in [0.2, 0.25) is 0 Å². The van der Waals surface area contributed by atoms with Crippen molar-refractivity contribution in [1.82, 2.24) is 9.80 Å². The molecule has 0 aliphatic carbocycles. The Morgan fingerprint density at radius 3 is 2.57 bits per heavy atom. The van der Waals surface area contributed by atoms with E-state index in [0.29, 0.717) is 23.9 Å². The molecule has 1 aliphatic rings. The number of hydrogen-bond donors (Lipinski definition) is 0. The highest BCUT2D eigenvalue weighted by Crippen LogP contribution is 2.27. The molecule has 0 atom stereocenters. The van der Waals surface area contributed by atoms with Crippen LogP contribution in [-0.4, -0.2) is 43.1 Å². The maximum Gasteiger partial charge on any atom is 0.336 e. The molecule has 1 aliphatic heterocycles. The molecule has 2 heterocycles. The number of piperidine rings is 1. The lowest BCUT2D eigenvalue weighted by Crippen LogP contribution is -2.43. The Hall–Kier alpha value is -2.34. The van der Waals surface area contributed by atoms with Gasteiger partial charge in [0.05, 0.1) is 7.11 Å². The summed E-state index contributed by atoms with van der Waals surface area (Å²) < 4.78 is 10.7. The van der Waals surface area contributed by atoms with Gasteiger partial charge in [-0.2, -0.15) is 0 Å². The number of hydrogen-bond acceptors (Lipinski definition) is 5. The molecule has 0 radical (unpaired) electrons. The molecule has 0 bridgehead atoms. The van der Waals surface area contributed by atoms with Crippen LogP contribution in [0.1, 0.15) is 24.0 Å². The van der Waals surface area contributed by atoms with Gasteiger partial charge in [-0.1, -0.05) is 29.8 Å². The largest absolute Gasteiger partial charge is 0.497 e. The number of fused-ring (bicyclic) bond motifs is 1. The fourth-order valence-electron chi connectivity index (χ4n) is 4.21. The topological polar surface area (TPSA) is 45.9 Å². The molecule has 1 saturated heterocycles. The minimum Gasteiger partial charge on any atom is -0.497 e. The number of methoxy groups -OCH3 is 1. The molecular weight excluding hydrogens is 400 g/mol. The van der Waals surface area contributed by atoms with Gasteiger partial charge >= 0.3 is 5.63 Å². The predicted molar refractivity (Wildman–Crippen MR) is 120 cm³/mol. The number of ether oxygens (including phenoxy) is 1. The van der Waals surface area contributed by atoms with Gasteiger partial charge in [0.1, 0.15) is 11.3 Å². The minimum atomic E-state index is -0.341. The molecule has 1 fully saturated rings. The van der Waals surface area contributed by atoms with E-state index >= 15 is 0 Å². The lowest BCUT2D eigenvalue weighted by Gasteiger charge is -2.37.